The summed E-state index contributed by atoms with van der Waals surface area (Å²) in [6, 6.07) is 4.19. The van der Waals surface area contributed by atoms with Gasteiger partial charge in [0.15, 0.2) is 0 Å². The molecule has 0 fully saturated rings. The van der Waals surface area contributed by atoms with Crippen molar-refractivity contribution in [2.45, 2.75) is 17.4 Å². The summed E-state index contributed by atoms with van der Waals surface area (Å²) in [4.78, 5) is 15.3. The third kappa shape index (κ3) is 11.3. The van der Waals surface area contributed by atoms with Crippen LogP contribution < -0.4 is 5.32 Å². The van der Waals surface area contributed by atoms with Gasteiger partial charge in [-0.3, -0.25) is 9.11 Å². The molecule has 0 saturated carbocycles. The van der Waals surface area contributed by atoms with Crippen LogP contribution in [-0.2, 0) is 20.2 Å². The molecule has 0 aliphatic heterocycles. The van der Waals surface area contributed by atoms with Crippen molar-refractivity contribution in [3.05, 3.63) is 35.3 Å². The standard InChI is InChI=1S/C14H16N4O8S3.3Na/c19-13(20)10-8-9(3-4-11(10)17-18-14-16-6-7-27-14)15-5-1-2-12(28(21,22)23)29(24,25)26;;;/h3-4,6-8,12,15H,1-2,5H2,(H,19,20)(H,21,22,23)(H,24,25,26);;;. The largest absolute Gasteiger partial charge is 0.478 e. The number of hydrogen-bond acceptors (Lipinski definition) is 10. The number of anilines is 1. The minimum Gasteiger partial charge on any atom is -0.478 e. The number of carboxylic acids is 1. The summed E-state index contributed by atoms with van der Waals surface area (Å²) in [6.45, 7) is 0.0422. The number of carboxylic acid groups (broad SMARTS) is 1. The Morgan fingerprint density at radius 3 is 2.22 bits per heavy atom. The molecular formula is C14H16N4Na3O8S3. The molecule has 0 amide bonds. The first-order chi connectivity index (χ1) is 13.5. The fourth-order valence-corrected chi connectivity index (χ4v) is 4.83. The van der Waals surface area contributed by atoms with E-state index in [9.17, 15) is 26.7 Å². The molecule has 18 heteroatoms. The topological polar surface area (TPSA) is 196 Å². The Kier molecular flexibility index (Phi) is 16.8. The van der Waals surface area contributed by atoms with Crippen LogP contribution in [0.3, 0.4) is 0 Å². The molecule has 1 heterocycles. The molecule has 2 aromatic rings. The third-order valence-corrected chi connectivity index (χ3v) is 7.41. The molecule has 32 heavy (non-hydrogen) atoms. The average molecular weight is 533 g/mol. The van der Waals surface area contributed by atoms with Crippen molar-refractivity contribution >= 4 is 143 Å². The van der Waals surface area contributed by atoms with Crippen LogP contribution in [0.25, 0.3) is 0 Å². The maximum absolute atomic E-state index is 11.4. The molecule has 0 aliphatic rings. The van der Waals surface area contributed by atoms with Gasteiger partial charge in [0.2, 0.25) is 9.71 Å². The van der Waals surface area contributed by atoms with Gasteiger partial charge in [-0.25, -0.2) is 9.78 Å². The van der Waals surface area contributed by atoms with Gasteiger partial charge in [-0.2, -0.15) is 16.8 Å². The SMILES string of the molecule is O=C(O)c1cc(NCCCC(S(=O)(=O)O)S(=O)(=O)O)ccc1N=Nc1nccs1.[Na].[Na].[Na]. The van der Waals surface area contributed by atoms with Crippen LogP contribution in [0.4, 0.5) is 16.5 Å². The minimum atomic E-state index is -4.99. The van der Waals surface area contributed by atoms with Crippen molar-refractivity contribution in [1.29, 1.82) is 0 Å². The summed E-state index contributed by atoms with van der Waals surface area (Å²) in [5.41, 5.74) is 0.297. The predicted molar refractivity (Wildman–Crippen MR) is 122 cm³/mol. The van der Waals surface area contributed by atoms with E-state index in [-0.39, 0.29) is 113 Å². The first kappa shape index (κ1) is 34.7. The number of nitrogens with one attached hydrogen (secondary N) is 1. The summed E-state index contributed by atoms with van der Waals surface area (Å²) in [5.74, 6) is -1.25. The normalized spacial score (nSPS) is 11.3. The summed E-state index contributed by atoms with van der Waals surface area (Å²) < 4.78 is 59.7. The van der Waals surface area contributed by atoms with E-state index in [1.807, 2.05) is 0 Å². The van der Waals surface area contributed by atoms with Gasteiger partial charge in [0.25, 0.3) is 20.2 Å². The van der Waals surface area contributed by atoms with E-state index in [4.69, 9.17) is 9.11 Å². The number of aromatic carboxylic acids is 1. The van der Waals surface area contributed by atoms with Crippen LogP contribution >= 0.6 is 11.3 Å². The second kappa shape index (κ2) is 15.5. The van der Waals surface area contributed by atoms with Gasteiger partial charge in [-0.15, -0.1) is 21.6 Å². The molecule has 3 radical (unpaired) electrons. The summed E-state index contributed by atoms with van der Waals surface area (Å²) >= 11 is 1.23. The van der Waals surface area contributed by atoms with E-state index in [1.54, 1.807) is 5.38 Å². The molecule has 2 rings (SSSR count). The zero-order valence-corrected chi connectivity index (χ0v) is 26.0. The molecule has 1 aromatic heterocycles. The zero-order chi connectivity index (χ0) is 21.7. The Labute approximate surface area is 255 Å². The molecule has 0 bridgehead atoms. The van der Waals surface area contributed by atoms with Crippen LogP contribution in [0.5, 0.6) is 0 Å². The van der Waals surface area contributed by atoms with Gasteiger partial charge >= 0.3 is 5.97 Å². The van der Waals surface area contributed by atoms with Crippen molar-refractivity contribution in [3.63, 3.8) is 0 Å². The summed E-state index contributed by atoms with van der Waals surface area (Å²) in [5, 5.41) is 21.9. The van der Waals surface area contributed by atoms with E-state index in [1.165, 1.54) is 35.7 Å². The Bertz CT molecular complexity index is 1080. The average Bonchev–Trinajstić information content (AvgIpc) is 3.11. The molecule has 1 aromatic carbocycles. The van der Waals surface area contributed by atoms with Crippen molar-refractivity contribution in [3.8, 4) is 0 Å². The number of carbonyl (C=O) groups is 1. The molecular weight excluding hydrogens is 517 g/mol. The van der Waals surface area contributed by atoms with Gasteiger partial charge in [-0.05, 0) is 31.0 Å². The molecule has 0 aliphatic carbocycles. The van der Waals surface area contributed by atoms with E-state index >= 15 is 0 Å². The van der Waals surface area contributed by atoms with Crippen molar-refractivity contribution < 1.29 is 35.8 Å². The second-order valence-electron chi connectivity index (χ2n) is 5.58. The van der Waals surface area contributed by atoms with Gasteiger partial charge in [0, 0.05) is 112 Å². The van der Waals surface area contributed by atoms with Gasteiger partial charge in [-0.1, -0.05) is 0 Å². The Hall–Kier alpha value is 0.540. The van der Waals surface area contributed by atoms with Crippen LogP contribution in [0, 0.1) is 0 Å². The van der Waals surface area contributed by atoms with Crippen LogP contribution in [-0.4, -0.2) is 142 Å². The van der Waals surface area contributed by atoms with E-state index in [0.29, 0.717) is 10.8 Å². The maximum Gasteiger partial charge on any atom is 0.338 e. The quantitative estimate of drug-likeness (QED) is 0.150. The number of azo groups is 1. The number of hydrogen-bond donors (Lipinski definition) is 4. The van der Waals surface area contributed by atoms with Gasteiger partial charge in [0.1, 0.15) is 5.69 Å². The number of aromatic nitrogens is 1. The Balaban J connectivity index is 0. The Morgan fingerprint density at radius 2 is 1.72 bits per heavy atom. The van der Waals surface area contributed by atoms with Crippen LogP contribution in [0.2, 0.25) is 0 Å². The molecule has 0 atom stereocenters. The van der Waals surface area contributed by atoms with Crippen LogP contribution in [0.15, 0.2) is 40.0 Å². The molecule has 161 valence electrons. The third-order valence-electron chi connectivity index (χ3n) is 3.50. The fraction of sp³-hybridized carbons (Fsp3) is 0.286. The first-order valence-corrected chi connectivity index (χ1v) is 11.7. The maximum atomic E-state index is 11.4. The minimum absolute atomic E-state index is 0. The van der Waals surface area contributed by atoms with Crippen molar-refractivity contribution in [2.24, 2.45) is 10.2 Å². The van der Waals surface area contributed by atoms with Crippen molar-refractivity contribution in [1.82, 2.24) is 4.98 Å². The van der Waals surface area contributed by atoms with E-state index in [0.717, 1.165) is 0 Å². The number of rotatable bonds is 10. The zero-order valence-electron chi connectivity index (χ0n) is 17.5. The van der Waals surface area contributed by atoms with Gasteiger partial charge in [0.05, 0.1) is 5.56 Å². The predicted octanol–water partition coefficient (Wildman–Crippen LogP) is 1.41. The summed E-state index contributed by atoms with van der Waals surface area (Å²) in [7, 11) is -9.97. The molecule has 0 saturated heterocycles. The molecule has 0 spiro atoms. The van der Waals surface area contributed by atoms with E-state index < -0.39 is 37.2 Å². The number of nitrogens with zero attached hydrogens (tertiary/aromatic N) is 3. The molecule has 4 N–H and O–H groups in total. The fourth-order valence-electron chi connectivity index (χ4n) is 2.22. The van der Waals surface area contributed by atoms with Crippen molar-refractivity contribution in [2.75, 3.05) is 11.9 Å². The summed E-state index contributed by atoms with van der Waals surface area (Å²) in [6.07, 6.45) is 0.910. The smallest absolute Gasteiger partial charge is 0.338 e. The number of thiazole rings is 1. The van der Waals surface area contributed by atoms with Crippen LogP contribution in [0.1, 0.15) is 23.2 Å². The van der Waals surface area contributed by atoms with E-state index in [2.05, 4.69) is 20.5 Å². The van der Waals surface area contributed by atoms with Gasteiger partial charge < -0.3 is 10.4 Å². The Morgan fingerprint density at radius 1 is 1.09 bits per heavy atom. The molecule has 12 nitrogen and oxygen atoms in total. The first-order valence-electron chi connectivity index (χ1n) is 7.83. The number of benzene rings is 1. The second-order valence-corrected chi connectivity index (χ2v) is 9.95. The monoisotopic (exact) mass is 533 g/mol. The molecule has 0 unspecified atom stereocenters.